The maximum Gasteiger partial charge on any atom is 0.194 e. The Bertz CT molecular complexity index is 515. The van der Waals surface area contributed by atoms with Crippen molar-refractivity contribution in [2.24, 2.45) is 16.1 Å². The van der Waals surface area contributed by atoms with Crippen LogP contribution >= 0.6 is 24.0 Å². The highest BCUT2D eigenvalue weighted by atomic mass is 127. The summed E-state index contributed by atoms with van der Waals surface area (Å²) in [4.78, 5) is 4.37. The van der Waals surface area contributed by atoms with Crippen LogP contribution in [0.15, 0.2) is 29.3 Å². The molecule has 1 aromatic carbocycles. The number of aliphatic imine (C=N–C) groups is 1. The van der Waals surface area contributed by atoms with Crippen LogP contribution < -0.4 is 11.1 Å². The summed E-state index contributed by atoms with van der Waals surface area (Å²) in [6.45, 7) is 6.61. The van der Waals surface area contributed by atoms with Crippen LogP contribution in [0, 0.1) is 17.8 Å². The number of nitrogens with one attached hydrogen (secondary N) is 1. The average molecular weight is 401 g/mol. The van der Waals surface area contributed by atoms with Crippen LogP contribution in [0.2, 0.25) is 0 Å². The number of hydrogen-bond donors (Lipinski definition) is 2. The van der Waals surface area contributed by atoms with Crippen LogP contribution in [0.25, 0.3) is 0 Å². The summed E-state index contributed by atoms with van der Waals surface area (Å²) >= 11 is 0. The van der Waals surface area contributed by atoms with E-state index in [0.717, 1.165) is 11.3 Å². The Morgan fingerprint density at radius 3 is 2.57 bits per heavy atom. The lowest BCUT2D eigenvalue weighted by atomic mass is 9.88. The van der Waals surface area contributed by atoms with Gasteiger partial charge in [0, 0.05) is 18.4 Å². The van der Waals surface area contributed by atoms with Crippen molar-refractivity contribution in [3.05, 3.63) is 29.8 Å². The number of para-hydroxylation sites is 1. The maximum absolute atomic E-state index is 5.95. The number of rotatable bonds is 4. The summed E-state index contributed by atoms with van der Waals surface area (Å²) < 4.78 is 5.15. The van der Waals surface area contributed by atoms with Gasteiger partial charge in [0.05, 0.1) is 6.61 Å². The molecule has 1 unspecified atom stereocenters. The molecule has 5 heteroatoms. The van der Waals surface area contributed by atoms with E-state index in [9.17, 15) is 0 Å². The summed E-state index contributed by atoms with van der Waals surface area (Å²) in [7, 11) is 1.65. The van der Waals surface area contributed by atoms with Gasteiger partial charge < -0.3 is 15.8 Å². The number of benzene rings is 1. The third kappa shape index (κ3) is 6.36. The fourth-order valence-electron chi connectivity index (χ4n) is 1.71. The van der Waals surface area contributed by atoms with Crippen molar-refractivity contribution in [1.29, 1.82) is 0 Å². The second kappa shape index (κ2) is 8.90. The van der Waals surface area contributed by atoms with Gasteiger partial charge in [-0.3, -0.25) is 0 Å². The normalized spacial score (nSPS) is 13.0. The predicted molar refractivity (Wildman–Crippen MR) is 99.9 cm³/mol. The molecule has 0 radical (unpaired) electrons. The summed E-state index contributed by atoms with van der Waals surface area (Å²) in [6, 6.07) is 7.51. The van der Waals surface area contributed by atoms with Crippen LogP contribution in [0.5, 0.6) is 0 Å². The maximum atomic E-state index is 5.95. The Labute approximate surface area is 144 Å². The Morgan fingerprint density at radius 2 is 2.05 bits per heavy atom. The van der Waals surface area contributed by atoms with E-state index < -0.39 is 0 Å². The zero-order chi connectivity index (χ0) is 15.2. The summed E-state index contributed by atoms with van der Waals surface area (Å²) in [5.41, 5.74) is 7.70. The molecule has 0 amide bonds. The van der Waals surface area contributed by atoms with Gasteiger partial charge in [-0.15, -0.1) is 30.4 Å². The summed E-state index contributed by atoms with van der Waals surface area (Å²) in [6.07, 6.45) is 5.52. The van der Waals surface area contributed by atoms with E-state index in [0.29, 0.717) is 12.6 Å². The molecule has 0 aliphatic carbocycles. The van der Waals surface area contributed by atoms with Crippen LogP contribution in [-0.4, -0.2) is 19.1 Å². The third-order valence-electron chi connectivity index (χ3n) is 2.83. The molecule has 0 saturated heterocycles. The lowest BCUT2D eigenvalue weighted by Gasteiger charge is -2.23. The van der Waals surface area contributed by atoms with E-state index >= 15 is 0 Å². The van der Waals surface area contributed by atoms with Gasteiger partial charge in [-0.25, -0.2) is 4.99 Å². The zero-order valence-electron chi connectivity index (χ0n) is 13.0. The molecule has 1 rings (SSSR count). The van der Waals surface area contributed by atoms with Gasteiger partial charge in [0.15, 0.2) is 5.96 Å². The number of hydrogen-bond acceptors (Lipinski definition) is 2. The van der Waals surface area contributed by atoms with E-state index in [2.05, 4.69) is 16.2 Å². The number of halogens is 1. The molecule has 0 heterocycles. The molecule has 0 aromatic heterocycles. The van der Waals surface area contributed by atoms with Crippen molar-refractivity contribution in [1.82, 2.24) is 0 Å². The minimum absolute atomic E-state index is 0. The first-order valence-electron chi connectivity index (χ1n) is 6.51. The number of terminal acetylenes is 1. The van der Waals surface area contributed by atoms with Crippen molar-refractivity contribution >= 4 is 35.6 Å². The standard InChI is InChI=1S/C16H23N3O.HI/c1-6-14(16(2,3)4)19-15(17)18-13-10-8-7-9-12(13)11-20-5;/h1,7-10,14H,11H2,2-5H3,(H3,17,18,19);1H. The van der Waals surface area contributed by atoms with Gasteiger partial charge in [0.25, 0.3) is 0 Å². The number of guanidine groups is 1. The molecule has 1 aromatic rings. The molecule has 0 saturated carbocycles. The van der Waals surface area contributed by atoms with E-state index in [1.807, 2.05) is 45.0 Å². The number of nitrogens with two attached hydrogens (primary N) is 1. The molecule has 4 nitrogen and oxygen atoms in total. The third-order valence-corrected chi connectivity index (χ3v) is 2.83. The van der Waals surface area contributed by atoms with Crippen molar-refractivity contribution in [3.8, 4) is 12.3 Å². The van der Waals surface area contributed by atoms with E-state index in [4.69, 9.17) is 16.9 Å². The second-order valence-corrected chi connectivity index (χ2v) is 5.66. The first kappa shape index (κ1) is 19.7. The molecule has 21 heavy (non-hydrogen) atoms. The molecular formula is C16H24IN3O. The van der Waals surface area contributed by atoms with Crippen LogP contribution in [-0.2, 0) is 11.3 Å². The highest BCUT2D eigenvalue weighted by Gasteiger charge is 2.22. The predicted octanol–water partition coefficient (Wildman–Crippen LogP) is 3.23. The molecule has 0 fully saturated rings. The van der Waals surface area contributed by atoms with E-state index in [1.54, 1.807) is 7.11 Å². The van der Waals surface area contributed by atoms with Crippen molar-refractivity contribution in [3.63, 3.8) is 0 Å². The van der Waals surface area contributed by atoms with Gasteiger partial charge >= 0.3 is 0 Å². The highest BCUT2D eigenvalue weighted by molar-refractivity contribution is 14.0. The van der Waals surface area contributed by atoms with Crippen LogP contribution in [0.4, 0.5) is 5.69 Å². The highest BCUT2D eigenvalue weighted by Crippen LogP contribution is 2.22. The lowest BCUT2D eigenvalue weighted by molar-refractivity contribution is 0.185. The van der Waals surface area contributed by atoms with Gasteiger partial charge in [-0.2, -0.15) is 0 Å². The average Bonchev–Trinajstić information content (AvgIpc) is 2.37. The Balaban J connectivity index is 0.00000400. The van der Waals surface area contributed by atoms with Crippen molar-refractivity contribution in [2.45, 2.75) is 33.4 Å². The fraction of sp³-hybridized carbons (Fsp3) is 0.438. The molecule has 116 valence electrons. The SMILES string of the molecule is C#CC(N=C(N)Nc1ccccc1COC)C(C)(C)C.I. The van der Waals surface area contributed by atoms with Crippen LogP contribution in [0.3, 0.4) is 0 Å². The Hall–Kier alpha value is -1.26. The largest absolute Gasteiger partial charge is 0.380 e. The summed E-state index contributed by atoms with van der Waals surface area (Å²) in [5, 5.41) is 3.08. The quantitative estimate of drug-likeness (QED) is 0.353. The minimum Gasteiger partial charge on any atom is -0.380 e. The number of methoxy groups -OCH3 is 1. The Morgan fingerprint density at radius 1 is 1.43 bits per heavy atom. The van der Waals surface area contributed by atoms with Gasteiger partial charge in [-0.1, -0.05) is 44.9 Å². The summed E-state index contributed by atoms with van der Waals surface area (Å²) in [5.74, 6) is 2.98. The molecule has 0 aliphatic heterocycles. The first-order chi connectivity index (χ1) is 9.38. The molecule has 0 spiro atoms. The van der Waals surface area contributed by atoms with E-state index in [1.165, 1.54) is 0 Å². The number of ether oxygens (including phenoxy) is 1. The second-order valence-electron chi connectivity index (χ2n) is 5.66. The minimum atomic E-state index is -0.274. The Kier molecular flexibility index (Phi) is 8.37. The lowest BCUT2D eigenvalue weighted by Crippen LogP contribution is -2.30. The molecule has 1 atom stereocenters. The molecule has 3 N–H and O–H groups in total. The van der Waals surface area contributed by atoms with Gasteiger partial charge in [-0.05, 0) is 11.5 Å². The van der Waals surface area contributed by atoms with Crippen molar-refractivity contribution in [2.75, 3.05) is 12.4 Å². The molecular weight excluding hydrogens is 377 g/mol. The van der Waals surface area contributed by atoms with Gasteiger partial charge in [0.1, 0.15) is 6.04 Å². The number of anilines is 1. The monoisotopic (exact) mass is 401 g/mol. The molecule has 0 aliphatic rings. The topological polar surface area (TPSA) is 59.6 Å². The fourth-order valence-corrected chi connectivity index (χ4v) is 1.71. The first-order valence-corrected chi connectivity index (χ1v) is 6.51. The van der Waals surface area contributed by atoms with Crippen molar-refractivity contribution < 1.29 is 4.74 Å². The molecule has 0 bridgehead atoms. The smallest absolute Gasteiger partial charge is 0.194 e. The number of nitrogens with zero attached hydrogens (tertiary/aromatic N) is 1. The zero-order valence-corrected chi connectivity index (χ0v) is 15.3. The van der Waals surface area contributed by atoms with Gasteiger partial charge in [0.2, 0.25) is 0 Å². The van der Waals surface area contributed by atoms with Crippen LogP contribution in [0.1, 0.15) is 26.3 Å². The van der Waals surface area contributed by atoms with E-state index in [-0.39, 0.29) is 35.4 Å².